The Morgan fingerprint density at radius 3 is 2.42 bits per heavy atom. The maximum atomic E-state index is 12.6. The van der Waals surface area contributed by atoms with Crippen molar-refractivity contribution in [2.24, 2.45) is 14.1 Å². The number of amides is 1. The van der Waals surface area contributed by atoms with Crippen LogP contribution in [0.4, 0.5) is 0 Å². The van der Waals surface area contributed by atoms with Crippen LogP contribution in [0.25, 0.3) is 0 Å². The summed E-state index contributed by atoms with van der Waals surface area (Å²) in [6.45, 7) is 3.40. The van der Waals surface area contributed by atoms with E-state index in [1.54, 1.807) is 16.6 Å². The zero-order chi connectivity index (χ0) is 17.3. The molecular weight excluding hydrogens is 312 g/mol. The van der Waals surface area contributed by atoms with E-state index in [4.69, 9.17) is 0 Å². The van der Waals surface area contributed by atoms with Crippen LogP contribution in [0.15, 0.2) is 18.6 Å². The number of aryl methyl sites for hydroxylation is 2. The number of carbonyl (C=O) groups is 2. The first-order chi connectivity index (χ1) is 11.4. The van der Waals surface area contributed by atoms with Crippen molar-refractivity contribution in [3.8, 4) is 0 Å². The molecule has 0 atom stereocenters. The summed E-state index contributed by atoms with van der Waals surface area (Å²) < 4.78 is 3.13. The minimum absolute atomic E-state index is 0.144. The maximum Gasteiger partial charge on any atom is 0.357 e. The molecule has 0 unspecified atom stereocenters. The summed E-state index contributed by atoms with van der Waals surface area (Å²) in [5.74, 6) is -1.46. The summed E-state index contributed by atoms with van der Waals surface area (Å²) in [5, 5.41) is 17.2. The van der Waals surface area contributed by atoms with E-state index in [-0.39, 0.29) is 17.2 Å². The fraction of sp³-hybridized carbons (Fsp3) is 0.467. The van der Waals surface area contributed by atoms with Crippen LogP contribution in [-0.4, -0.2) is 72.5 Å². The van der Waals surface area contributed by atoms with E-state index in [1.165, 1.54) is 10.9 Å². The van der Waals surface area contributed by atoms with Crippen LogP contribution in [0.1, 0.15) is 26.4 Å². The predicted octanol–water partition coefficient (Wildman–Crippen LogP) is -0.190. The maximum absolute atomic E-state index is 12.6. The highest BCUT2D eigenvalue weighted by Gasteiger charge is 2.27. The van der Waals surface area contributed by atoms with Crippen LogP contribution in [0.2, 0.25) is 0 Å². The molecule has 0 radical (unpaired) electrons. The third-order valence-electron chi connectivity index (χ3n) is 4.09. The molecule has 0 bridgehead atoms. The van der Waals surface area contributed by atoms with Gasteiger partial charge in [-0.1, -0.05) is 0 Å². The van der Waals surface area contributed by atoms with E-state index in [1.807, 2.05) is 19.4 Å². The lowest BCUT2D eigenvalue weighted by atomic mass is 10.2. The van der Waals surface area contributed by atoms with E-state index < -0.39 is 5.97 Å². The summed E-state index contributed by atoms with van der Waals surface area (Å²) in [7, 11) is 3.49. The summed E-state index contributed by atoms with van der Waals surface area (Å²) in [6, 6.07) is 0. The number of carboxylic acids is 1. The summed E-state index contributed by atoms with van der Waals surface area (Å²) >= 11 is 0. The Hall–Kier alpha value is -2.68. The fourth-order valence-electron chi connectivity index (χ4n) is 2.89. The van der Waals surface area contributed by atoms with Crippen molar-refractivity contribution >= 4 is 11.9 Å². The monoisotopic (exact) mass is 332 g/mol. The number of carbonyl (C=O) groups excluding carboxylic acids is 1. The number of aromatic nitrogens is 4. The van der Waals surface area contributed by atoms with E-state index in [0.29, 0.717) is 13.1 Å². The van der Waals surface area contributed by atoms with Gasteiger partial charge in [0, 0.05) is 64.8 Å². The van der Waals surface area contributed by atoms with Gasteiger partial charge in [-0.3, -0.25) is 19.1 Å². The van der Waals surface area contributed by atoms with Gasteiger partial charge in [0.25, 0.3) is 5.91 Å². The molecule has 3 rings (SSSR count). The van der Waals surface area contributed by atoms with Gasteiger partial charge in [0.2, 0.25) is 0 Å². The van der Waals surface area contributed by atoms with Gasteiger partial charge in [0.05, 0.1) is 11.8 Å². The highest BCUT2D eigenvalue weighted by molar-refractivity contribution is 6.03. The van der Waals surface area contributed by atoms with Gasteiger partial charge < -0.3 is 10.0 Å². The van der Waals surface area contributed by atoms with Gasteiger partial charge in [-0.25, -0.2) is 4.79 Å². The first-order valence-corrected chi connectivity index (χ1v) is 7.70. The van der Waals surface area contributed by atoms with Crippen LogP contribution in [0, 0.1) is 0 Å². The number of carboxylic acid groups (broad SMARTS) is 1. The van der Waals surface area contributed by atoms with Crippen molar-refractivity contribution in [2.75, 3.05) is 26.2 Å². The predicted molar refractivity (Wildman–Crippen MR) is 84.6 cm³/mol. The lowest BCUT2D eigenvalue weighted by Gasteiger charge is -2.34. The Morgan fingerprint density at radius 2 is 1.83 bits per heavy atom. The van der Waals surface area contributed by atoms with Crippen molar-refractivity contribution in [3.63, 3.8) is 0 Å². The number of nitrogens with zero attached hydrogens (tertiary/aromatic N) is 6. The molecular formula is C15H20N6O3. The number of hydrogen-bond donors (Lipinski definition) is 1. The smallest absolute Gasteiger partial charge is 0.357 e. The minimum Gasteiger partial charge on any atom is -0.476 e. The zero-order valence-electron chi connectivity index (χ0n) is 13.7. The largest absolute Gasteiger partial charge is 0.476 e. The molecule has 1 aliphatic rings. The summed E-state index contributed by atoms with van der Waals surface area (Å²) in [5.41, 5.74) is 1.09. The number of rotatable bonds is 4. The molecule has 9 nitrogen and oxygen atoms in total. The number of piperazine rings is 1. The van der Waals surface area contributed by atoms with Crippen molar-refractivity contribution in [1.29, 1.82) is 0 Å². The highest BCUT2D eigenvalue weighted by Crippen LogP contribution is 2.14. The highest BCUT2D eigenvalue weighted by atomic mass is 16.4. The second kappa shape index (κ2) is 6.44. The van der Waals surface area contributed by atoms with Crippen molar-refractivity contribution in [3.05, 3.63) is 35.4 Å². The average molecular weight is 332 g/mol. The van der Waals surface area contributed by atoms with Crippen molar-refractivity contribution in [2.45, 2.75) is 6.54 Å². The molecule has 2 aromatic rings. The first-order valence-electron chi connectivity index (χ1n) is 7.70. The van der Waals surface area contributed by atoms with E-state index in [9.17, 15) is 14.7 Å². The van der Waals surface area contributed by atoms with Gasteiger partial charge in [-0.15, -0.1) is 0 Å². The molecule has 0 spiro atoms. The second-order valence-electron chi connectivity index (χ2n) is 5.96. The average Bonchev–Trinajstić information content (AvgIpc) is 3.13. The Kier molecular flexibility index (Phi) is 4.34. The lowest BCUT2D eigenvalue weighted by molar-refractivity contribution is 0.0608. The van der Waals surface area contributed by atoms with E-state index >= 15 is 0 Å². The summed E-state index contributed by atoms with van der Waals surface area (Å²) in [6.07, 6.45) is 5.28. The molecule has 1 N–H and O–H groups in total. The molecule has 2 aromatic heterocycles. The topological polar surface area (TPSA) is 96.5 Å². The van der Waals surface area contributed by atoms with E-state index in [2.05, 4.69) is 15.1 Å². The molecule has 0 saturated carbocycles. The first kappa shape index (κ1) is 16.2. The van der Waals surface area contributed by atoms with Crippen LogP contribution < -0.4 is 0 Å². The quantitative estimate of drug-likeness (QED) is 0.834. The molecule has 0 aromatic carbocycles. The van der Waals surface area contributed by atoms with Crippen LogP contribution >= 0.6 is 0 Å². The normalized spacial score (nSPS) is 15.7. The van der Waals surface area contributed by atoms with Crippen LogP contribution in [-0.2, 0) is 20.6 Å². The van der Waals surface area contributed by atoms with Crippen molar-refractivity contribution in [1.82, 2.24) is 29.4 Å². The van der Waals surface area contributed by atoms with Gasteiger partial charge in [-0.05, 0) is 0 Å². The van der Waals surface area contributed by atoms with E-state index in [0.717, 1.165) is 25.2 Å². The third-order valence-corrected chi connectivity index (χ3v) is 4.09. The van der Waals surface area contributed by atoms with Gasteiger partial charge >= 0.3 is 5.97 Å². The third kappa shape index (κ3) is 3.30. The molecule has 1 amide bonds. The Morgan fingerprint density at radius 1 is 1.12 bits per heavy atom. The zero-order valence-corrected chi connectivity index (χ0v) is 13.7. The number of hydrogen-bond acceptors (Lipinski definition) is 5. The summed E-state index contributed by atoms with van der Waals surface area (Å²) in [4.78, 5) is 27.7. The molecule has 128 valence electrons. The Balaban J connectivity index is 1.62. The molecule has 24 heavy (non-hydrogen) atoms. The van der Waals surface area contributed by atoms with Crippen molar-refractivity contribution < 1.29 is 14.7 Å². The van der Waals surface area contributed by atoms with Gasteiger partial charge in [0.15, 0.2) is 5.69 Å². The molecule has 0 aliphatic carbocycles. The lowest BCUT2D eigenvalue weighted by Crippen LogP contribution is -2.48. The molecule has 1 aliphatic heterocycles. The van der Waals surface area contributed by atoms with Crippen LogP contribution in [0.3, 0.4) is 0 Å². The second-order valence-corrected chi connectivity index (χ2v) is 5.96. The molecule has 9 heteroatoms. The SMILES string of the molecule is Cn1cc(CN2CCN(C(=O)c3cn(C)nc3C(=O)O)CC2)cn1. The Labute approximate surface area is 139 Å². The fourth-order valence-corrected chi connectivity index (χ4v) is 2.89. The van der Waals surface area contributed by atoms with Crippen LogP contribution in [0.5, 0.6) is 0 Å². The Bertz CT molecular complexity index is 757. The van der Waals surface area contributed by atoms with Gasteiger partial charge in [0.1, 0.15) is 0 Å². The molecule has 1 saturated heterocycles. The number of aromatic carboxylic acids is 1. The standard InChI is InChI=1S/C15H20N6O3/c1-18-8-11(7-16-18)9-20-3-5-21(6-4-20)14(22)12-10-19(2)17-13(12)15(23)24/h7-8,10H,3-6,9H2,1-2H3,(H,23,24). The van der Waals surface area contributed by atoms with Gasteiger partial charge in [-0.2, -0.15) is 10.2 Å². The molecule has 1 fully saturated rings. The minimum atomic E-state index is -1.19. The molecule has 3 heterocycles.